The molecule has 0 aromatic carbocycles. The van der Waals surface area contributed by atoms with Crippen molar-refractivity contribution in [3.05, 3.63) is 0 Å². The molecule has 0 aromatic rings. The van der Waals surface area contributed by atoms with Crippen LogP contribution in [0.4, 0.5) is 0 Å². The third kappa shape index (κ3) is 3.16. The minimum absolute atomic E-state index is 0.219. The maximum absolute atomic E-state index is 8.92. The second kappa shape index (κ2) is 4.66. The fraction of sp³-hybridized carbons (Fsp3) is 1.00. The van der Waals surface area contributed by atoms with Crippen molar-refractivity contribution in [3.63, 3.8) is 0 Å². The van der Waals surface area contributed by atoms with Crippen LogP contribution >= 0.6 is 0 Å². The second-order valence-electron chi connectivity index (χ2n) is 2.78. The van der Waals surface area contributed by atoms with E-state index in [1.807, 2.05) is 0 Å². The van der Waals surface area contributed by atoms with E-state index in [1.165, 1.54) is 0 Å². The Balaban J connectivity index is 2.01. The van der Waals surface area contributed by atoms with Crippen LogP contribution in [0.25, 0.3) is 0 Å². The quantitative estimate of drug-likeness (QED) is 0.480. The summed E-state index contributed by atoms with van der Waals surface area (Å²) < 4.78 is 5.28. The molecule has 0 bridgehead atoms. The first-order valence-corrected chi connectivity index (χ1v) is 3.94. The van der Waals surface area contributed by atoms with Gasteiger partial charge in [0.2, 0.25) is 0 Å². The van der Waals surface area contributed by atoms with E-state index in [4.69, 9.17) is 14.9 Å². The summed E-state index contributed by atoms with van der Waals surface area (Å²) in [4.78, 5) is 0. The van der Waals surface area contributed by atoms with Crippen LogP contribution in [0.5, 0.6) is 0 Å². The molecule has 4 nitrogen and oxygen atoms in total. The summed E-state index contributed by atoms with van der Waals surface area (Å²) in [5.41, 5.74) is 0. The summed E-state index contributed by atoms with van der Waals surface area (Å²) in [6.07, 6.45) is 0.491. The molecule has 1 rings (SSSR count). The molecule has 0 unspecified atom stereocenters. The lowest BCUT2D eigenvalue weighted by Crippen LogP contribution is -2.25. The molecule has 0 saturated carbocycles. The summed E-state index contributed by atoms with van der Waals surface area (Å²) >= 11 is 0. The number of hydrogen-bond donors (Lipinski definition) is 3. The second-order valence-corrected chi connectivity index (χ2v) is 2.78. The number of nitrogens with one attached hydrogen (secondary N) is 1. The fourth-order valence-corrected chi connectivity index (χ4v) is 1.07. The van der Waals surface area contributed by atoms with Crippen LogP contribution in [0.3, 0.4) is 0 Å². The average molecular weight is 161 g/mol. The molecule has 2 atom stereocenters. The topological polar surface area (TPSA) is 61.7 Å². The van der Waals surface area contributed by atoms with Gasteiger partial charge in [-0.05, 0) is 13.0 Å². The van der Waals surface area contributed by atoms with E-state index < -0.39 is 6.10 Å². The van der Waals surface area contributed by atoms with Crippen molar-refractivity contribution in [2.75, 3.05) is 26.3 Å². The third-order valence-electron chi connectivity index (χ3n) is 1.75. The highest BCUT2D eigenvalue weighted by molar-refractivity contribution is 4.71. The van der Waals surface area contributed by atoms with E-state index in [9.17, 15) is 0 Å². The number of rotatable bonds is 4. The number of hydrogen-bond acceptors (Lipinski definition) is 4. The Hall–Kier alpha value is -0.160. The number of aliphatic hydroxyl groups excluding tert-OH is 2. The maximum atomic E-state index is 8.92. The van der Waals surface area contributed by atoms with Crippen LogP contribution in [0.1, 0.15) is 6.42 Å². The van der Waals surface area contributed by atoms with Crippen molar-refractivity contribution in [2.24, 2.45) is 0 Å². The van der Waals surface area contributed by atoms with Gasteiger partial charge in [0.25, 0.3) is 0 Å². The van der Waals surface area contributed by atoms with Gasteiger partial charge in [-0.15, -0.1) is 0 Å². The van der Waals surface area contributed by atoms with Crippen molar-refractivity contribution in [1.29, 1.82) is 0 Å². The minimum atomic E-state index is -0.726. The van der Waals surface area contributed by atoms with Crippen molar-refractivity contribution >= 4 is 0 Å². The Morgan fingerprint density at radius 3 is 3.00 bits per heavy atom. The lowest BCUT2D eigenvalue weighted by molar-refractivity contribution is -0.0218. The van der Waals surface area contributed by atoms with Gasteiger partial charge in [-0.3, -0.25) is 0 Å². The monoisotopic (exact) mass is 161 g/mol. The normalized spacial score (nSPS) is 27.3. The molecular formula is C7H15NO3. The largest absolute Gasteiger partial charge is 0.394 e. The fourth-order valence-electron chi connectivity index (χ4n) is 1.07. The molecule has 0 spiro atoms. The lowest BCUT2D eigenvalue weighted by Gasteiger charge is -2.12. The molecule has 1 aliphatic heterocycles. The maximum Gasteiger partial charge on any atom is 0.100 e. The first kappa shape index (κ1) is 8.93. The molecule has 0 aliphatic carbocycles. The molecule has 1 fully saturated rings. The van der Waals surface area contributed by atoms with Gasteiger partial charge in [0.15, 0.2) is 0 Å². The van der Waals surface area contributed by atoms with Crippen molar-refractivity contribution in [1.82, 2.24) is 5.32 Å². The van der Waals surface area contributed by atoms with Gasteiger partial charge in [-0.1, -0.05) is 0 Å². The zero-order valence-corrected chi connectivity index (χ0v) is 6.49. The standard InChI is InChI=1S/C7H15NO3/c9-4-6(10)5-11-7-1-2-8-3-7/h6-10H,1-5H2/t6-,7-/m1/s1. The van der Waals surface area contributed by atoms with Gasteiger partial charge in [0, 0.05) is 6.54 Å². The van der Waals surface area contributed by atoms with E-state index in [2.05, 4.69) is 5.32 Å². The Morgan fingerprint density at radius 2 is 2.45 bits per heavy atom. The SMILES string of the molecule is OC[C@@H](O)CO[C@@H]1CCNC1. The highest BCUT2D eigenvalue weighted by atomic mass is 16.5. The highest BCUT2D eigenvalue weighted by Gasteiger charge is 2.15. The van der Waals surface area contributed by atoms with Crippen LogP contribution in [-0.2, 0) is 4.74 Å². The van der Waals surface area contributed by atoms with E-state index in [0.29, 0.717) is 0 Å². The smallest absolute Gasteiger partial charge is 0.100 e. The van der Waals surface area contributed by atoms with E-state index >= 15 is 0 Å². The Morgan fingerprint density at radius 1 is 1.64 bits per heavy atom. The number of aliphatic hydroxyl groups is 2. The summed E-state index contributed by atoms with van der Waals surface area (Å²) in [5.74, 6) is 0. The molecular weight excluding hydrogens is 146 g/mol. The molecule has 1 aliphatic rings. The van der Waals surface area contributed by atoms with Crippen LogP contribution in [0.2, 0.25) is 0 Å². The highest BCUT2D eigenvalue weighted by Crippen LogP contribution is 2.02. The van der Waals surface area contributed by atoms with E-state index in [0.717, 1.165) is 19.5 Å². The molecule has 66 valence electrons. The summed E-state index contributed by atoms with van der Waals surface area (Å²) in [6, 6.07) is 0. The molecule has 0 amide bonds. The van der Waals surface area contributed by atoms with E-state index in [-0.39, 0.29) is 19.3 Å². The molecule has 11 heavy (non-hydrogen) atoms. The van der Waals surface area contributed by atoms with Gasteiger partial charge in [-0.2, -0.15) is 0 Å². The Kier molecular flexibility index (Phi) is 3.79. The van der Waals surface area contributed by atoms with Gasteiger partial charge in [-0.25, -0.2) is 0 Å². The Labute approximate surface area is 66.2 Å². The predicted octanol–water partition coefficient (Wildman–Crippen LogP) is -1.28. The third-order valence-corrected chi connectivity index (χ3v) is 1.75. The van der Waals surface area contributed by atoms with Crippen LogP contribution in [-0.4, -0.2) is 48.7 Å². The molecule has 0 radical (unpaired) electrons. The molecule has 4 heteroatoms. The van der Waals surface area contributed by atoms with Gasteiger partial charge in [0.05, 0.1) is 19.3 Å². The molecule has 1 saturated heterocycles. The molecule has 1 heterocycles. The number of ether oxygens (including phenoxy) is 1. The predicted molar refractivity (Wildman–Crippen MR) is 40.3 cm³/mol. The zero-order valence-electron chi connectivity index (χ0n) is 6.49. The van der Waals surface area contributed by atoms with Crippen molar-refractivity contribution in [3.8, 4) is 0 Å². The van der Waals surface area contributed by atoms with Gasteiger partial charge in [0.1, 0.15) is 6.10 Å². The molecule has 0 aromatic heterocycles. The summed E-state index contributed by atoms with van der Waals surface area (Å²) in [5, 5.41) is 20.5. The zero-order chi connectivity index (χ0) is 8.10. The van der Waals surface area contributed by atoms with Crippen molar-refractivity contribution in [2.45, 2.75) is 18.6 Å². The first-order chi connectivity index (χ1) is 5.33. The summed E-state index contributed by atoms with van der Waals surface area (Å²) in [7, 11) is 0. The van der Waals surface area contributed by atoms with Gasteiger partial charge >= 0.3 is 0 Å². The van der Waals surface area contributed by atoms with Crippen LogP contribution in [0.15, 0.2) is 0 Å². The van der Waals surface area contributed by atoms with Crippen LogP contribution < -0.4 is 5.32 Å². The van der Waals surface area contributed by atoms with E-state index in [1.54, 1.807) is 0 Å². The van der Waals surface area contributed by atoms with Crippen molar-refractivity contribution < 1.29 is 14.9 Å². The van der Waals surface area contributed by atoms with Gasteiger partial charge < -0.3 is 20.3 Å². The Bertz CT molecular complexity index is 104. The minimum Gasteiger partial charge on any atom is -0.394 e. The summed E-state index contributed by atoms with van der Waals surface area (Å²) in [6.45, 7) is 1.86. The lowest BCUT2D eigenvalue weighted by atomic mass is 10.3. The van der Waals surface area contributed by atoms with Crippen LogP contribution in [0, 0.1) is 0 Å². The molecule has 3 N–H and O–H groups in total. The average Bonchev–Trinajstić information content (AvgIpc) is 2.52. The first-order valence-electron chi connectivity index (χ1n) is 3.94.